The number of rotatable bonds is 4. The standard InChI is InChI=1S/C10H10O5/c11-5-6-15-10(14)8-4-2-1-3-7(8)9(12)13/h1-4,11H,5-6H2,(H,12,13). The van der Waals surface area contributed by atoms with Crippen LogP contribution in [-0.2, 0) is 4.74 Å². The molecule has 0 radical (unpaired) electrons. The maximum absolute atomic E-state index is 11.3. The summed E-state index contributed by atoms with van der Waals surface area (Å²) in [6.45, 7) is -0.437. The Morgan fingerprint density at radius 1 is 1.20 bits per heavy atom. The van der Waals surface area contributed by atoms with Crippen molar-refractivity contribution in [3.05, 3.63) is 35.4 Å². The number of aliphatic hydroxyl groups excluding tert-OH is 1. The molecule has 0 atom stereocenters. The van der Waals surface area contributed by atoms with Crippen molar-refractivity contribution in [3.63, 3.8) is 0 Å². The van der Waals surface area contributed by atoms with E-state index in [1.54, 1.807) is 6.07 Å². The normalized spacial score (nSPS) is 9.67. The van der Waals surface area contributed by atoms with Gasteiger partial charge in [-0.3, -0.25) is 0 Å². The molecule has 1 aromatic carbocycles. The van der Waals surface area contributed by atoms with Crippen LogP contribution in [-0.4, -0.2) is 35.4 Å². The third kappa shape index (κ3) is 2.78. The Hall–Kier alpha value is -1.88. The number of carbonyl (C=O) groups is 2. The van der Waals surface area contributed by atoms with Crippen LogP contribution in [0.3, 0.4) is 0 Å². The van der Waals surface area contributed by atoms with Gasteiger partial charge in [0.25, 0.3) is 0 Å². The molecule has 80 valence electrons. The molecule has 0 aliphatic carbocycles. The lowest BCUT2D eigenvalue weighted by Gasteiger charge is -2.05. The number of carboxylic acid groups (broad SMARTS) is 1. The number of hydrogen-bond donors (Lipinski definition) is 2. The molecular formula is C10H10O5. The molecule has 1 rings (SSSR count). The molecule has 5 nitrogen and oxygen atoms in total. The largest absolute Gasteiger partial charge is 0.478 e. The van der Waals surface area contributed by atoms with Crippen LogP contribution in [0.4, 0.5) is 0 Å². The van der Waals surface area contributed by atoms with Crippen molar-refractivity contribution in [2.24, 2.45) is 0 Å². The fourth-order valence-electron chi connectivity index (χ4n) is 1.06. The lowest BCUT2D eigenvalue weighted by molar-refractivity contribution is 0.0426. The highest BCUT2D eigenvalue weighted by molar-refractivity contribution is 6.02. The smallest absolute Gasteiger partial charge is 0.339 e. The van der Waals surface area contributed by atoms with Gasteiger partial charge in [0.2, 0.25) is 0 Å². The Kier molecular flexibility index (Phi) is 3.82. The van der Waals surface area contributed by atoms with Crippen molar-refractivity contribution in [2.45, 2.75) is 0 Å². The SMILES string of the molecule is O=C(O)c1ccccc1C(=O)OCCO. The highest BCUT2D eigenvalue weighted by Crippen LogP contribution is 2.10. The van der Waals surface area contributed by atoms with Gasteiger partial charge in [0.1, 0.15) is 6.61 Å². The van der Waals surface area contributed by atoms with Gasteiger partial charge in [0.15, 0.2) is 0 Å². The molecule has 0 fully saturated rings. The summed E-state index contributed by atoms with van der Waals surface area (Å²) >= 11 is 0. The molecule has 5 heteroatoms. The number of aliphatic hydroxyl groups is 1. The third-order valence-electron chi connectivity index (χ3n) is 1.70. The number of ether oxygens (including phenoxy) is 1. The van der Waals surface area contributed by atoms with E-state index in [2.05, 4.69) is 4.74 Å². The molecule has 0 unspecified atom stereocenters. The van der Waals surface area contributed by atoms with Crippen molar-refractivity contribution in [1.29, 1.82) is 0 Å². The first-order valence-electron chi connectivity index (χ1n) is 4.27. The van der Waals surface area contributed by atoms with Gasteiger partial charge in [-0.2, -0.15) is 0 Å². The van der Waals surface area contributed by atoms with Gasteiger partial charge in [-0.05, 0) is 12.1 Å². The van der Waals surface area contributed by atoms with E-state index in [-0.39, 0.29) is 24.3 Å². The molecule has 2 N–H and O–H groups in total. The van der Waals surface area contributed by atoms with Crippen LogP contribution in [0.15, 0.2) is 24.3 Å². The van der Waals surface area contributed by atoms with Gasteiger partial charge in [-0.25, -0.2) is 9.59 Å². The highest BCUT2D eigenvalue weighted by Gasteiger charge is 2.16. The summed E-state index contributed by atoms with van der Waals surface area (Å²) < 4.78 is 4.62. The summed E-state index contributed by atoms with van der Waals surface area (Å²) in [5.41, 5.74) is -0.126. The second-order valence-corrected chi connectivity index (χ2v) is 2.71. The Bertz CT molecular complexity index is 372. The number of carboxylic acids is 1. The van der Waals surface area contributed by atoms with Crippen molar-refractivity contribution in [3.8, 4) is 0 Å². The Balaban J connectivity index is 2.92. The van der Waals surface area contributed by atoms with Crippen LogP contribution in [0.1, 0.15) is 20.7 Å². The van der Waals surface area contributed by atoms with Crippen LogP contribution in [0.2, 0.25) is 0 Å². The minimum Gasteiger partial charge on any atom is -0.478 e. The fraction of sp³-hybridized carbons (Fsp3) is 0.200. The zero-order valence-corrected chi connectivity index (χ0v) is 7.84. The van der Waals surface area contributed by atoms with Crippen LogP contribution in [0.25, 0.3) is 0 Å². The van der Waals surface area contributed by atoms with E-state index in [1.165, 1.54) is 18.2 Å². The fourth-order valence-corrected chi connectivity index (χ4v) is 1.06. The second kappa shape index (κ2) is 5.11. The molecule has 0 heterocycles. The maximum Gasteiger partial charge on any atom is 0.339 e. The van der Waals surface area contributed by atoms with Crippen molar-refractivity contribution >= 4 is 11.9 Å². The molecular weight excluding hydrogens is 200 g/mol. The minimum absolute atomic E-state index is 0.0153. The van der Waals surface area contributed by atoms with E-state index in [0.717, 1.165) is 0 Å². The second-order valence-electron chi connectivity index (χ2n) is 2.71. The number of hydrogen-bond acceptors (Lipinski definition) is 4. The molecule has 0 spiro atoms. The summed E-state index contributed by atoms with van der Waals surface area (Å²) in [4.78, 5) is 22.1. The molecule has 1 aromatic rings. The molecule has 0 aromatic heterocycles. The Morgan fingerprint density at radius 3 is 2.33 bits per heavy atom. The van der Waals surface area contributed by atoms with E-state index in [4.69, 9.17) is 10.2 Å². The van der Waals surface area contributed by atoms with E-state index in [0.29, 0.717) is 0 Å². The molecule has 0 aliphatic heterocycles. The summed E-state index contributed by atoms with van der Waals surface area (Å²) in [7, 11) is 0. The quantitative estimate of drug-likeness (QED) is 0.708. The first-order chi connectivity index (χ1) is 7.16. The Morgan fingerprint density at radius 2 is 1.80 bits per heavy atom. The van der Waals surface area contributed by atoms with Gasteiger partial charge in [-0.1, -0.05) is 12.1 Å². The number of esters is 1. The highest BCUT2D eigenvalue weighted by atomic mass is 16.5. The average Bonchev–Trinajstić information content (AvgIpc) is 2.25. The molecule has 0 aliphatic rings. The van der Waals surface area contributed by atoms with Gasteiger partial charge in [-0.15, -0.1) is 0 Å². The zero-order valence-electron chi connectivity index (χ0n) is 7.84. The molecule has 0 saturated heterocycles. The summed E-state index contributed by atoms with van der Waals surface area (Å²) in [6.07, 6.45) is 0. The monoisotopic (exact) mass is 210 g/mol. The first kappa shape index (κ1) is 11.2. The van der Waals surface area contributed by atoms with Gasteiger partial charge in [0.05, 0.1) is 17.7 Å². The van der Waals surface area contributed by atoms with E-state index < -0.39 is 11.9 Å². The molecule has 0 bridgehead atoms. The van der Waals surface area contributed by atoms with Crippen molar-refractivity contribution in [1.82, 2.24) is 0 Å². The predicted octanol–water partition coefficient (Wildman–Crippen LogP) is 0.534. The van der Waals surface area contributed by atoms with Crippen LogP contribution < -0.4 is 0 Å². The van der Waals surface area contributed by atoms with Crippen molar-refractivity contribution < 1.29 is 24.5 Å². The maximum atomic E-state index is 11.3. The molecule has 15 heavy (non-hydrogen) atoms. The van der Waals surface area contributed by atoms with Crippen LogP contribution in [0.5, 0.6) is 0 Å². The Labute approximate surface area is 85.9 Å². The van der Waals surface area contributed by atoms with Gasteiger partial charge in [0, 0.05) is 0 Å². The molecule has 0 amide bonds. The predicted molar refractivity (Wildman–Crippen MR) is 50.8 cm³/mol. The topological polar surface area (TPSA) is 83.8 Å². The van der Waals surface area contributed by atoms with Gasteiger partial charge < -0.3 is 14.9 Å². The zero-order chi connectivity index (χ0) is 11.3. The summed E-state index contributed by atoms with van der Waals surface area (Å²) in [6, 6.07) is 5.75. The van der Waals surface area contributed by atoms with Crippen LogP contribution >= 0.6 is 0 Å². The lowest BCUT2D eigenvalue weighted by Crippen LogP contribution is -2.13. The number of carbonyl (C=O) groups excluding carboxylic acids is 1. The number of benzene rings is 1. The first-order valence-corrected chi connectivity index (χ1v) is 4.27. The summed E-state index contributed by atoms with van der Waals surface area (Å²) in [5.74, 6) is -1.94. The third-order valence-corrected chi connectivity index (χ3v) is 1.70. The number of aromatic carboxylic acids is 1. The average molecular weight is 210 g/mol. The van der Waals surface area contributed by atoms with E-state index >= 15 is 0 Å². The molecule has 0 saturated carbocycles. The minimum atomic E-state index is -1.19. The van der Waals surface area contributed by atoms with Crippen LogP contribution in [0, 0.1) is 0 Å². The van der Waals surface area contributed by atoms with E-state index in [9.17, 15) is 9.59 Å². The van der Waals surface area contributed by atoms with Crippen molar-refractivity contribution in [2.75, 3.05) is 13.2 Å². The van der Waals surface area contributed by atoms with E-state index in [1.807, 2.05) is 0 Å². The lowest BCUT2D eigenvalue weighted by atomic mass is 10.1. The van der Waals surface area contributed by atoms with Gasteiger partial charge >= 0.3 is 11.9 Å². The summed E-state index contributed by atoms with van der Waals surface area (Å²) in [5, 5.41) is 17.2.